The van der Waals surface area contributed by atoms with Gasteiger partial charge < -0.3 is 14.8 Å². The fourth-order valence-electron chi connectivity index (χ4n) is 1.32. The van der Waals surface area contributed by atoms with E-state index in [4.69, 9.17) is 14.9 Å². The predicted octanol–water partition coefficient (Wildman–Crippen LogP) is 0.205. The van der Waals surface area contributed by atoms with Gasteiger partial charge in [0.25, 0.3) is 0 Å². The smallest absolute Gasteiger partial charge is 0.234 e. The molecular weight excluding hydrogens is 252 g/mol. The van der Waals surface area contributed by atoms with Crippen molar-refractivity contribution in [3.8, 4) is 11.5 Å². The van der Waals surface area contributed by atoms with Gasteiger partial charge in [-0.1, -0.05) is 0 Å². The number of benzene rings is 1. The predicted molar refractivity (Wildman–Crippen MR) is 73.5 cm³/mol. The number of anilines is 1. The van der Waals surface area contributed by atoms with Crippen LogP contribution in [0, 0.1) is 0 Å². The van der Waals surface area contributed by atoms with Gasteiger partial charge in [-0.05, 0) is 12.1 Å². The van der Waals surface area contributed by atoms with Crippen molar-refractivity contribution >= 4 is 29.6 Å². The van der Waals surface area contributed by atoms with Gasteiger partial charge in [0, 0.05) is 6.07 Å². The molecular formula is C12H17N2O3S+. The minimum atomic E-state index is -0.103. The van der Waals surface area contributed by atoms with Crippen molar-refractivity contribution in [3.05, 3.63) is 18.2 Å². The molecule has 1 rings (SSSR count). The number of carbonyl (C=O) groups is 1. The molecule has 0 radical (unpaired) electrons. The second-order valence-electron chi connectivity index (χ2n) is 3.37. The van der Waals surface area contributed by atoms with E-state index in [1.807, 2.05) is 0 Å². The van der Waals surface area contributed by atoms with E-state index >= 15 is 0 Å². The molecule has 0 saturated carbocycles. The lowest BCUT2D eigenvalue weighted by Crippen LogP contribution is -2.30. The molecule has 0 aliphatic rings. The topological polar surface area (TPSA) is 73.2 Å². The number of thioether (sulfide) groups is 1. The van der Waals surface area contributed by atoms with Crippen LogP contribution in [0.25, 0.3) is 0 Å². The molecule has 5 nitrogen and oxygen atoms in total. The first-order valence-electron chi connectivity index (χ1n) is 5.34. The third kappa shape index (κ3) is 4.29. The molecule has 1 aromatic carbocycles. The minimum Gasteiger partial charge on any atom is -0.497 e. The number of hydrogen-bond acceptors (Lipinski definition) is 4. The van der Waals surface area contributed by atoms with Crippen molar-refractivity contribution in [2.45, 2.75) is 0 Å². The Labute approximate surface area is 110 Å². The Morgan fingerprint density at radius 3 is 2.83 bits per heavy atom. The molecule has 0 fully saturated rings. The van der Waals surface area contributed by atoms with Crippen molar-refractivity contribution in [3.63, 3.8) is 0 Å². The Balaban J connectivity index is 2.69. The van der Waals surface area contributed by atoms with Crippen LogP contribution in [-0.2, 0) is 4.79 Å². The molecule has 0 spiro atoms. The summed E-state index contributed by atoms with van der Waals surface area (Å²) in [4.78, 5) is 11.7. The van der Waals surface area contributed by atoms with Gasteiger partial charge in [0.1, 0.15) is 17.7 Å². The standard InChI is InChI=1S/C12H16N2O3S/c1-16-9-3-4-11(17-2)10(7-9)14-12(15)8-18-6-5-13/h3-5,7,13H,6,8H2,1-2H3,(H,14,15)/p+1. The quantitative estimate of drug-likeness (QED) is 0.548. The molecule has 1 amide bonds. The maximum absolute atomic E-state index is 11.7. The molecule has 0 saturated heterocycles. The van der Waals surface area contributed by atoms with Crippen LogP contribution in [-0.4, -0.2) is 37.8 Å². The lowest BCUT2D eigenvalue weighted by atomic mass is 10.2. The Morgan fingerprint density at radius 2 is 2.22 bits per heavy atom. The van der Waals surface area contributed by atoms with Crippen LogP contribution < -0.4 is 20.2 Å². The maximum atomic E-state index is 11.7. The number of rotatable bonds is 7. The Bertz CT molecular complexity index is 424. The summed E-state index contributed by atoms with van der Waals surface area (Å²) in [5.74, 6) is 2.14. The number of methoxy groups -OCH3 is 2. The minimum absolute atomic E-state index is 0.103. The highest BCUT2D eigenvalue weighted by Gasteiger charge is 2.09. The largest absolute Gasteiger partial charge is 0.497 e. The summed E-state index contributed by atoms with van der Waals surface area (Å²) in [5, 5.41) is 8.01. The highest BCUT2D eigenvalue weighted by molar-refractivity contribution is 8.00. The van der Waals surface area contributed by atoms with Crippen LogP contribution in [0.15, 0.2) is 18.2 Å². The summed E-state index contributed by atoms with van der Waals surface area (Å²) in [6.45, 7) is 0. The zero-order valence-corrected chi connectivity index (χ0v) is 11.3. The molecule has 0 aromatic heterocycles. The molecule has 6 heteroatoms. The Morgan fingerprint density at radius 1 is 1.44 bits per heavy atom. The highest BCUT2D eigenvalue weighted by Crippen LogP contribution is 2.28. The van der Waals surface area contributed by atoms with Gasteiger partial charge >= 0.3 is 0 Å². The van der Waals surface area contributed by atoms with Gasteiger partial charge in [0.2, 0.25) is 5.91 Å². The summed E-state index contributed by atoms with van der Waals surface area (Å²) in [5.41, 5.74) is 0.596. The van der Waals surface area contributed by atoms with Gasteiger partial charge in [0.15, 0.2) is 0 Å². The third-order valence-electron chi connectivity index (χ3n) is 2.13. The second-order valence-corrected chi connectivity index (χ2v) is 4.40. The van der Waals surface area contributed by atoms with Crippen LogP contribution in [0.5, 0.6) is 11.5 Å². The van der Waals surface area contributed by atoms with Gasteiger partial charge in [-0.15, -0.1) is 11.8 Å². The third-order valence-corrected chi connectivity index (χ3v) is 3.02. The average Bonchev–Trinajstić information content (AvgIpc) is 2.39. The number of amides is 1. The lowest BCUT2D eigenvalue weighted by molar-refractivity contribution is -0.113. The normalized spacial score (nSPS) is 9.67. The Hall–Kier alpha value is -1.69. The van der Waals surface area contributed by atoms with Crippen molar-refractivity contribution in [2.24, 2.45) is 0 Å². The molecule has 0 unspecified atom stereocenters. The first-order valence-corrected chi connectivity index (χ1v) is 6.49. The van der Waals surface area contributed by atoms with Crippen LogP contribution >= 0.6 is 11.8 Å². The summed E-state index contributed by atoms with van der Waals surface area (Å²) in [7, 11) is 3.12. The second kappa shape index (κ2) is 7.60. The number of carbonyl (C=O) groups excluding carboxylic acids is 1. The molecule has 98 valence electrons. The zero-order chi connectivity index (χ0) is 13.4. The van der Waals surface area contributed by atoms with Crippen molar-refractivity contribution in [1.29, 1.82) is 0 Å². The molecule has 3 N–H and O–H groups in total. The maximum Gasteiger partial charge on any atom is 0.234 e. The first-order chi connectivity index (χ1) is 8.71. The van der Waals surface area contributed by atoms with E-state index in [0.717, 1.165) is 0 Å². The number of nitrogens with two attached hydrogens (primary N) is 1. The van der Waals surface area contributed by atoms with Crippen LogP contribution in [0.1, 0.15) is 0 Å². The van der Waals surface area contributed by atoms with Gasteiger partial charge in [-0.2, -0.15) is 0 Å². The van der Waals surface area contributed by atoms with Crippen LogP contribution in [0.4, 0.5) is 5.69 Å². The highest BCUT2D eigenvalue weighted by atomic mass is 32.2. The Kier molecular flexibility index (Phi) is 6.07. The monoisotopic (exact) mass is 269 g/mol. The van der Waals surface area contributed by atoms with E-state index in [9.17, 15) is 4.79 Å². The van der Waals surface area contributed by atoms with Crippen molar-refractivity contribution in [2.75, 3.05) is 31.0 Å². The fraction of sp³-hybridized carbons (Fsp3) is 0.333. The van der Waals surface area contributed by atoms with Crippen molar-refractivity contribution in [1.82, 2.24) is 0 Å². The van der Waals surface area contributed by atoms with E-state index in [1.54, 1.807) is 32.4 Å². The van der Waals surface area contributed by atoms with Crippen LogP contribution in [0.2, 0.25) is 0 Å². The zero-order valence-electron chi connectivity index (χ0n) is 10.4. The average molecular weight is 269 g/mol. The molecule has 1 aromatic rings. The van der Waals surface area contributed by atoms with Crippen LogP contribution in [0.3, 0.4) is 0 Å². The first kappa shape index (κ1) is 14.4. The van der Waals surface area contributed by atoms with E-state index in [2.05, 4.69) is 5.32 Å². The molecule has 18 heavy (non-hydrogen) atoms. The summed E-state index contributed by atoms with van der Waals surface area (Å²) in [6.07, 6.45) is 1.52. The van der Waals surface area contributed by atoms with E-state index < -0.39 is 0 Å². The molecule has 0 heterocycles. The van der Waals surface area contributed by atoms with Gasteiger partial charge in [-0.3, -0.25) is 10.2 Å². The number of ether oxygens (including phenoxy) is 2. The summed E-state index contributed by atoms with van der Waals surface area (Å²) >= 11 is 1.44. The SMILES string of the molecule is COc1ccc(OC)c(NC(=O)CSCC=[NH2+])c1. The molecule has 0 atom stereocenters. The molecule has 0 aliphatic carbocycles. The van der Waals surface area contributed by atoms with E-state index in [1.165, 1.54) is 18.0 Å². The number of nitrogens with one attached hydrogen (secondary N) is 1. The number of hydrogen-bond donors (Lipinski definition) is 2. The van der Waals surface area contributed by atoms with E-state index in [-0.39, 0.29) is 5.91 Å². The van der Waals surface area contributed by atoms with Crippen molar-refractivity contribution < 1.29 is 19.7 Å². The lowest BCUT2D eigenvalue weighted by Gasteiger charge is -2.11. The fourth-order valence-corrected chi connectivity index (χ4v) is 1.83. The van der Waals surface area contributed by atoms with Gasteiger partial charge in [0.05, 0.1) is 31.4 Å². The van der Waals surface area contributed by atoms with E-state index in [0.29, 0.717) is 28.7 Å². The molecule has 0 bridgehead atoms. The molecule has 0 aliphatic heterocycles. The summed E-state index contributed by atoms with van der Waals surface area (Å²) in [6, 6.07) is 5.23. The van der Waals surface area contributed by atoms with Gasteiger partial charge in [-0.25, -0.2) is 0 Å². The summed E-state index contributed by atoms with van der Waals surface area (Å²) < 4.78 is 10.3.